The molecule has 13 rings (SSSR count). The second kappa shape index (κ2) is 14.6. The maximum absolute atomic E-state index is 2.44. The average Bonchev–Trinajstić information content (AvgIpc) is 3.88. The van der Waals surface area contributed by atoms with E-state index in [0.717, 1.165) is 0 Å². The Morgan fingerprint density at radius 3 is 0.906 bits per heavy atom. The first-order valence-electron chi connectivity index (χ1n) is 22.1. The molecule has 0 saturated carbocycles. The number of para-hydroxylation sites is 4. The van der Waals surface area contributed by atoms with Crippen LogP contribution in [0, 0.1) is 0 Å². The van der Waals surface area contributed by atoms with Crippen LogP contribution < -0.4 is 0 Å². The number of hydrogen-bond acceptors (Lipinski definition) is 0. The molecule has 11 aromatic carbocycles. The number of rotatable bonds is 6. The summed E-state index contributed by atoms with van der Waals surface area (Å²) in [6.45, 7) is 0. The van der Waals surface area contributed by atoms with Crippen LogP contribution in [0.4, 0.5) is 0 Å². The number of aromatic nitrogens is 2. The van der Waals surface area contributed by atoms with Crippen molar-refractivity contribution in [2.45, 2.75) is 0 Å². The van der Waals surface area contributed by atoms with Gasteiger partial charge in [-0.15, -0.1) is 0 Å². The van der Waals surface area contributed by atoms with E-state index >= 15 is 0 Å². The Labute approximate surface area is 371 Å². The van der Waals surface area contributed by atoms with Gasteiger partial charge in [-0.25, -0.2) is 0 Å². The van der Waals surface area contributed by atoms with Crippen molar-refractivity contribution in [3.8, 4) is 55.9 Å². The first-order chi connectivity index (χ1) is 31.8. The Hall–Kier alpha value is -8.46. The molecule has 64 heavy (non-hydrogen) atoms. The van der Waals surface area contributed by atoms with E-state index in [4.69, 9.17) is 0 Å². The van der Waals surface area contributed by atoms with E-state index in [1.807, 2.05) is 0 Å². The number of benzene rings is 11. The smallest absolute Gasteiger partial charge is 0.0541 e. The SMILES string of the molecule is c1ccc(-c2c3ccc(-c4ccc5c(c4)c4ccccc4n5-c4ccccc4)cc3c(-c3ccccc3)c3ccc(-c4ccc5c(c4)c4ccccc4n5-c4ccccc4)cc23)cc1. The van der Waals surface area contributed by atoms with Gasteiger partial charge in [0.1, 0.15) is 0 Å². The molecule has 0 aliphatic rings. The summed E-state index contributed by atoms with van der Waals surface area (Å²) >= 11 is 0. The summed E-state index contributed by atoms with van der Waals surface area (Å²) in [5.74, 6) is 0. The van der Waals surface area contributed by atoms with Crippen LogP contribution in [0.5, 0.6) is 0 Å². The molecule has 0 radical (unpaired) electrons. The fraction of sp³-hybridized carbons (Fsp3) is 0. The standard InChI is InChI=1S/C62H40N2/c1-5-17-41(18-6-1)61-51-33-29-44(46-32-36-60-54(38-46)50-26-14-16-28-58(50)64(60)48-23-11-4-12-24-48)40-56(51)62(42-19-7-2-8-20-42)52-34-30-43(39-55(52)61)45-31-35-59-53(37-45)49-25-13-15-27-57(49)63(59)47-21-9-3-10-22-47/h1-40H. The first-order valence-corrected chi connectivity index (χ1v) is 22.1. The van der Waals surface area contributed by atoms with Gasteiger partial charge in [0.15, 0.2) is 0 Å². The maximum atomic E-state index is 2.44. The van der Waals surface area contributed by atoms with Crippen molar-refractivity contribution < 1.29 is 0 Å². The highest BCUT2D eigenvalue weighted by Gasteiger charge is 2.20. The van der Waals surface area contributed by atoms with E-state index in [1.165, 1.54) is 121 Å². The molecule has 13 aromatic rings. The van der Waals surface area contributed by atoms with Crippen molar-refractivity contribution >= 4 is 65.2 Å². The molecule has 2 heteroatoms. The summed E-state index contributed by atoms with van der Waals surface area (Å²) in [6.07, 6.45) is 0. The van der Waals surface area contributed by atoms with Gasteiger partial charge in [-0.3, -0.25) is 0 Å². The van der Waals surface area contributed by atoms with Gasteiger partial charge in [-0.05, 0) is 139 Å². The molecule has 2 aromatic heterocycles. The second-order valence-corrected chi connectivity index (χ2v) is 16.8. The molecule has 2 heterocycles. The average molecular weight is 813 g/mol. The molecular weight excluding hydrogens is 773 g/mol. The molecule has 2 nitrogen and oxygen atoms in total. The van der Waals surface area contributed by atoms with Crippen LogP contribution in [0.25, 0.3) is 121 Å². The quantitative estimate of drug-likeness (QED) is 0.148. The third-order valence-corrected chi connectivity index (χ3v) is 13.3. The van der Waals surface area contributed by atoms with Gasteiger partial charge in [0.2, 0.25) is 0 Å². The van der Waals surface area contributed by atoms with Crippen molar-refractivity contribution in [1.29, 1.82) is 0 Å². The minimum absolute atomic E-state index is 1.17. The van der Waals surface area contributed by atoms with Crippen LogP contribution in [0.3, 0.4) is 0 Å². The molecule has 0 atom stereocenters. The Balaban J connectivity index is 1.04. The Kier molecular flexibility index (Phi) is 8.25. The van der Waals surface area contributed by atoms with Gasteiger partial charge in [-0.2, -0.15) is 0 Å². The number of nitrogens with zero attached hydrogens (tertiary/aromatic N) is 2. The van der Waals surface area contributed by atoms with E-state index in [2.05, 4.69) is 252 Å². The van der Waals surface area contributed by atoms with E-state index in [1.54, 1.807) is 0 Å². The first kappa shape index (κ1) is 36.2. The van der Waals surface area contributed by atoms with Crippen molar-refractivity contribution in [3.63, 3.8) is 0 Å². The van der Waals surface area contributed by atoms with Gasteiger partial charge in [-0.1, -0.05) is 170 Å². The molecule has 0 aliphatic carbocycles. The van der Waals surface area contributed by atoms with E-state index in [9.17, 15) is 0 Å². The largest absolute Gasteiger partial charge is 0.309 e. The molecule has 0 fully saturated rings. The summed E-state index contributed by atoms with van der Waals surface area (Å²) in [6, 6.07) is 89.1. The highest BCUT2D eigenvalue weighted by molar-refractivity contribution is 6.23. The molecule has 0 aliphatic heterocycles. The molecule has 298 valence electrons. The van der Waals surface area contributed by atoms with Gasteiger partial charge in [0.05, 0.1) is 22.1 Å². The monoisotopic (exact) mass is 812 g/mol. The van der Waals surface area contributed by atoms with Gasteiger partial charge >= 0.3 is 0 Å². The van der Waals surface area contributed by atoms with Crippen molar-refractivity contribution in [1.82, 2.24) is 9.13 Å². The number of hydrogen-bond donors (Lipinski definition) is 0. The lowest BCUT2D eigenvalue weighted by Crippen LogP contribution is -1.93. The Bertz CT molecular complexity index is 3660. The highest BCUT2D eigenvalue weighted by Crippen LogP contribution is 2.47. The second-order valence-electron chi connectivity index (χ2n) is 16.8. The summed E-state index contributed by atoms with van der Waals surface area (Å²) in [5.41, 5.74) is 16.9. The highest BCUT2D eigenvalue weighted by atomic mass is 15.0. The van der Waals surface area contributed by atoms with Crippen LogP contribution in [-0.2, 0) is 0 Å². The molecule has 0 amide bonds. The Morgan fingerprint density at radius 1 is 0.188 bits per heavy atom. The lowest BCUT2D eigenvalue weighted by molar-refractivity contribution is 1.18. The molecular formula is C62H40N2. The van der Waals surface area contributed by atoms with Crippen LogP contribution >= 0.6 is 0 Å². The number of fused-ring (bicyclic) bond motifs is 8. The molecule has 0 bridgehead atoms. The Morgan fingerprint density at radius 2 is 0.500 bits per heavy atom. The summed E-state index contributed by atoms with van der Waals surface area (Å²) in [4.78, 5) is 0. The zero-order valence-electron chi connectivity index (χ0n) is 35.0. The third-order valence-electron chi connectivity index (χ3n) is 13.3. The minimum atomic E-state index is 1.17. The predicted molar refractivity (Wildman–Crippen MR) is 272 cm³/mol. The van der Waals surface area contributed by atoms with Crippen molar-refractivity contribution in [2.75, 3.05) is 0 Å². The van der Waals surface area contributed by atoms with Crippen LogP contribution in [0.2, 0.25) is 0 Å². The third kappa shape index (κ3) is 5.66. The minimum Gasteiger partial charge on any atom is -0.309 e. The summed E-state index contributed by atoms with van der Waals surface area (Å²) in [5, 5.41) is 9.96. The van der Waals surface area contributed by atoms with E-state index in [0.29, 0.717) is 0 Å². The van der Waals surface area contributed by atoms with Crippen LogP contribution in [-0.4, -0.2) is 9.13 Å². The summed E-state index contributed by atoms with van der Waals surface area (Å²) in [7, 11) is 0. The zero-order chi connectivity index (χ0) is 42.1. The van der Waals surface area contributed by atoms with Gasteiger partial charge in [0.25, 0.3) is 0 Å². The van der Waals surface area contributed by atoms with Crippen molar-refractivity contribution in [3.05, 3.63) is 243 Å². The summed E-state index contributed by atoms with van der Waals surface area (Å²) < 4.78 is 4.77. The fourth-order valence-corrected chi connectivity index (χ4v) is 10.4. The van der Waals surface area contributed by atoms with E-state index in [-0.39, 0.29) is 0 Å². The zero-order valence-corrected chi connectivity index (χ0v) is 35.0. The molecule has 0 unspecified atom stereocenters. The topological polar surface area (TPSA) is 9.86 Å². The molecule has 0 spiro atoms. The molecule has 0 saturated heterocycles. The lowest BCUT2D eigenvalue weighted by atomic mass is 9.84. The fourth-order valence-electron chi connectivity index (χ4n) is 10.4. The normalized spacial score (nSPS) is 11.8. The maximum Gasteiger partial charge on any atom is 0.0541 e. The van der Waals surface area contributed by atoms with Crippen LogP contribution in [0.1, 0.15) is 0 Å². The molecule has 0 N–H and O–H groups in total. The lowest BCUT2D eigenvalue weighted by Gasteiger charge is -2.20. The predicted octanol–water partition coefficient (Wildman–Crippen LogP) is 16.9. The van der Waals surface area contributed by atoms with E-state index < -0.39 is 0 Å². The van der Waals surface area contributed by atoms with Crippen LogP contribution in [0.15, 0.2) is 243 Å². The van der Waals surface area contributed by atoms with Gasteiger partial charge in [0, 0.05) is 32.9 Å². The van der Waals surface area contributed by atoms with Crippen molar-refractivity contribution in [2.24, 2.45) is 0 Å². The van der Waals surface area contributed by atoms with Gasteiger partial charge < -0.3 is 9.13 Å².